The van der Waals surface area contributed by atoms with Gasteiger partial charge in [-0.2, -0.15) is 13.3 Å². The fraction of sp³-hybridized carbons (Fsp3) is 0.0909. The van der Waals surface area contributed by atoms with Crippen LogP contribution in [-0.2, 0) is 6.61 Å². The molecule has 2 N–H and O–H groups in total. The van der Waals surface area contributed by atoms with E-state index in [1.165, 1.54) is 47.0 Å². The van der Waals surface area contributed by atoms with Crippen molar-refractivity contribution in [3.8, 4) is 5.75 Å². The van der Waals surface area contributed by atoms with Crippen LogP contribution in [0.4, 0.5) is 14.5 Å². The molecule has 1 aromatic heterocycles. The highest BCUT2D eigenvalue weighted by Gasteiger charge is 2.20. The van der Waals surface area contributed by atoms with Gasteiger partial charge in [0.1, 0.15) is 5.75 Å². The van der Waals surface area contributed by atoms with Crippen LogP contribution in [0.2, 0.25) is 10.0 Å². The molecule has 0 aliphatic heterocycles. The maximum atomic E-state index is 13.4. The minimum Gasteiger partial charge on any atom is -0.867 e. The predicted octanol–water partition coefficient (Wildman–Crippen LogP) is 4.50. The van der Waals surface area contributed by atoms with Crippen molar-refractivity contribution in [2.24, 2.45) is 0 Å². The van der Waals surface area contributed by atoms with Gasteiger partial charge in [-0.25, -0.2) is 0 Å². The number of benzene rings is 2. The van der Waals surface area contributed by atoms with E-state index in [-0.39, 0.29) is 33.6 Å². The maximum Gasteiger partial charge on any atom is 0.387 e. The van der Waals surface area contributed by atoms with Gasteiger partial charge >= 0.3 is 6.61 Å². The minimum atomic E-state index is -2.94. The monoisotopic (exact) mass is 496 g/mol. The van der Waals surface area contributed by atoms with Gasteiger partial charge in [0.05, 0.1) is 16.7 Å². The molecule has 3 rings (SSSR count). The van der Waals surface area contributed by atoms with Crippen LogP contribution >= 0.6 is 35.4 Å². The summed E-state index contributed by atoms with van der Waals surface area (Å²) in [4.78, 5) is 0.0590. The number of aliphatic hydroxyl groups excluding tert-OH is 1. The van der Waals surface area contributed by atoms with E-state index in [9.17, 15) is 19.0 Å². The molecule has 5 nitrogen and oxygen atoms in total. The molecule has 0 fully saturated rings. The summed E-state index contributed by atoms with van der Waals surface area (Å²) in [6, 6.07) is 13.5. The molecule has 0 spiro atoms. The number of thiocarbonyl (C=S) groups is 1. The van der Waals surface area contributed by atoms with Crippen LogP contribution in [0, 0.1) is 0 Å². The van der Waals surface area contributed by atoms with Crippen molar-refractivity contribution in [3.05, 3.63) is 88.2 Å². The van der Waals surface area contributed by atoms with Crippen LogP contribution in [0.3, 0.4) is 0 Å². The average molecular weight is 497 g/mol. The molecule has 32 heavy (non-hydrogen) atoms. The molecule has 10 heteroatoms. The van der Waals surface area contributed by atoms with Crippen LogP contribution in [0.1, 0.15) is 11.1 Å². The fourth-order valence-corrected chi connectivity index (χ4v) is 3.39. The summed E-state index contributed by atoms with van der Waals surface area (Å²) in [6.07, 6.45) is 3.18. The number of aliphatic hydroxyl groups is 1. The number of pyridine rings is 1. The normalized spacial score (nSPS) is 11.8. The SMILES string of the molecule is [O-]/C(=C(\C(=S)Nc1ccc(OC(F)F)cc1)[n+]1cccc(CO)c1)c1ccc(Cl)c(Cl)c1. The third-order valence-corrected chi connectivity index (χ3v) is 5.29. The van der Waals surface area contributed by atoms with Crippen molar-refractivity contribution in [1.29, 1.82) is 0 Å². The van der Waals surface area contributed by atoms with Gasteiger partial charge in [-0.15, -0.1) is 0 Å². The van der Waals surface area contributed by atoms with Crippen LogP contribution in [0.5, 0.6) is 5.75 Å². The van der Waals surface area contributed by atoms with Crippen LogP contribution < -0.4 is 19.7 Å². The summed E-state index contributed by atoms with van der Waals surface area (Å²) >= 11 is 17.5. The van der Waals surface area contributed by atoms with Crippen molar-refractivity contribution in [2.45, 2.75) is 13.2 Å². The third kappa shape index (κ3) is 5.92. The van der Waals surface area contributed by atoms with Crippen molar-refractivity contribution in [3.63, 3.8) is 0 Å². The van der Waals surface area contributed by atoms with Crippen LogP contribution in [-0.4, -0.2) is 16.7 Å². The van der Waals surface area contributed by atoms with Gasteiger partial charge < -0.3 is 20.3 Å². The molecule has 3 aromatic rings. The first-order valence-electron chi connectivity index (χ1n) is 9.13. The first-order valence-corrected chi connectivity index (χ1v) is 10.3. The second-order valence-electron chi connectivity index (χ2n) is 6.44. The number of aromatic nitrogens is 1. The quantitative estimate of drug-likeness (QED) is 0.218. The number of rotatable bonds is 7. The molecular formula is C22H16Cl2F2N2O3S. The summed E-state index contributed by atoms with van der Waals surface area (Å²) in [6.45, 7) is -3.17. The predicted molar refractivity (Wildman–Crippen MR) is 121 cm³/mol. The summed E-state index contributed by atoms with van der Waals surface area (Å²) in [5, 5.41) is 26.3. The van der Waals surface area contributed by atoms with E-state index in [1.807, 2.05) is 0 Å². The van der Waals surface area contributed by atoms with Crippen LogP contribution in [0.15, 0.2) is 67.0 Å². The van der Waals surface area contributed by atoms with E-state index in [1.54, 1.807) is 24.5 Å². The van der Waals surface area contributed by atoms with E-state index in [0.29, 0.717) is 16.3 Å². The Morgan fingerprint density at radius 2 is 1.84 bits per heavy atom. The molecule has 0 radical (unpaired) electrons. The molecular weight excluding hydrogens is 481 g/mol. The second-order valence-corrected chi connectivity index (χ2v) is 7.66. The number of ether oxygens (including phenoxy) is 1. The molecule has 0 aliphatic carbocycles. The second kappa shape index (κ2) is 10.7. The Kier molecular flexibility index (Phi) is 7.98. The van der Waals surface area contributed by atoms with Gasteiger partial charge in [0.2, 0.25) is 5.70 Å². The lowest BCUT2D eigenvalue weighted by Gasteiger charge is -2.18. The molecule has 0 saturated heterocycles. The molecule has 0 bridgehead atoms. The highest BCUT2D eigenvalue weighted by atomic mass is 35.5. The zero-order valence-electron chi connectivity index (χ0n) is 16.3. The van der Waals surface area contributed by atoms with Crippen molar-refractivity contribution < 1.29 is 28.3 Å². The minimum absolute atomic E-state index is 0.0161. The Labute approximate surface area is 198 Å². The van der Waals surface area contributed by atoms with Crippen molar-refractivity contribution in [2.75, 3.05) is 5.32 Å². The fourth-order valence-electron chi connectivity index (χ4n) is 2.78. The van der Waals surface area contributed by atoms with Gasteiger partial charge in [-0.05, 0) is 53.8 Å². The van der Waals surface area contributed by atoms with Gasteiger partial charge in [0.25, 0.3) is 0 Å². The summed E-state index contributed by atoms with van der Waals surface area (Å²) in [5.41, 5.74) is 1.35. The van der Waals surface area contributed by atoms with E-state index < -0.39 is 12.4 Å². The van der Waals surface area contributed by atoms with Crippen LogP contribution in [0.25, 0.3) is 11.5 Å². The van der Waals surface area contributed by atoms with E-state index in [4.69, 9.17) is 35.4 Å². The first-order chi connectivity index (χ1) is 15.3. The van der Waals surface area contributed by atoms with Gasteiger partial charge in [-0.3, -0.25) is 0 Å². The molecule has 0 amide bonds. The maximum absolute atomic E-state index is 13.4. The summed E-state index contributed by atoms with van der Waals surface area (Å²) in [7, 11) is 0. The highest BCUT2D eigenvalue weighted by molar-refractivity contribution is 7.81. The van der Waals surface area contributed by atoms with E-state index in [2.05, 4.69) is 10.1 Å². The van der Waals surface area contributed by atoms with E-state index in [0.717, 1.165) is 0 Å². The lowest BCUT2D eigenvalue weighted by Crippen LogP contribution is -2.40. The standard InChI is InChI=1S/C22H16Cl2F2N2O3S/c23-17-8-3-14(10-18(17)24)20(30)19(28-9-1-2-13(11-28)12-29)21(32)27-15-4-6-16(7-5-15)31-22(25)26/h1-11,22,29H,12H2,(H-,27,30,32). The number of nitrogens with one attached hydrogen (secondary N) is 1. The summed E-state index contributed by atoms with van der Waals surface area (Å²) < 4.78 is 30.5. The molecule has 2 aromatic carbocycles. The van der Waals surface area contributed by atoms with Crippen molar-refractivity contribution in [1.82, 2.24) is 0 Å². The highest BCUT2D eigenvalue weighted by Crippen LogP contribution is 2.26. The van der Waals surface area contributed by atoms with Gasteiger partial charge in [0, 0.05) is 17.3 Å². The largest absolute Gasteiger partial charge is 0.867 e. The van der Waals surface area contributed by atoms with Gasteiger partial charge in [0.15, 0.2) is 17.4 Å². The molecule has 1 heterocycles. The number of anilines is 1. The molecule has 0 saturated carbocycles. The Hall–Kier alpha value is -2.78. The average Bonchev–Trinajstić information content (AvgIpc) is 2.77. The smallest absolute Gasteiger partial charge is 0.387 e. The number of halogens is 4. The Bertz CT molecular complexity index is 1160. The summed E-state index contributed by atoms with van der Waals surface area (Å²) in [5.74, 6) is -0.462. The molecule has 0 atom stereocenters. The Morgan fingerprint density at radius 3 is 2.47 bits per heavy atom. The van der Waals surface area contributed by atoms with Crippen molar-refractivity contribution >= 4 is 57.6 Å². The lowest BCUT2D eigenvalue weighted by atomic mass is 10.1. The number of nitrogens with zero attached hydrogens (tertiary/aromatic N) is 1. The number of hydrogen-bond donors (Lipinski definition) is 2. The third-order valence-electron chi connectivity index (χ3n) is 4.25. The molecule has 0 unspecified atom stereocenters. The number of hydrogen-bond acceptors (Lipinski definition) is 4. The van der Waals surface area contributed by atoms with E-state index >= 15 is 0 Å². The topological polar surface area (TPSA) is 68.4 Å². The zero-order valence-corrected chi connectivity index (χ0v) is 18.6. The molecule has 166 valence electrons. The zero-order chi connectivity index (χ0) is 23.3. The first kappa shape index (κ1) is 23.9. The van der Waals surface area contributed by atoms with Gasteiger partial charge in [-0.1, -0.05) is 41.5 Å². The number of alkyl halides is 2. The molecule has 0 aliphatic rings. The Morgan fingerprint density at radius 1 is 1.12 bits per heavy atom. The Balaban J connectivity index is 2.01. The lowest BCUT2D eigenvalue weighted by molar-refractivity contribution is -0.578.